The number of fused-ring (bicyclic) bond motifs is 1. The first-order valence-corrected chi connectivity index (χ1v) is 8.93. The highest BCUT2D eigenvalue weighted by atomic mass is 16.2. The van der Waals surface area contributed by atoms with E-state index in [4.69, 9.17) is 0 Å². The van der Waals surface area contributed by atoms with Crippen molar-refractivity contribution in [1.29, 1.82) is 0 Å². The molecule has 4 rings (SSSR count). The quantitative estimate of drug-likeness (QED) is 0.403. The van der Waals surface area contributed by atoms with E-state index in [9.17, 15) is 4.79 Å². The van der Waals surface area contributed by atoms with E-state index in [-0.39, 0.29) is 12.5 Å². The minimum absolute atomic E-state index is 0.161. The van der Waals surface area contributed by atoms with Gasteiger partial charge in [0.15, 0.2) is 0 Å². The number of benzene rings is 3. The summed E-state index contributed by atoms with van der Waals surface area (Å²) in [5, 5.41) is 7.05. The Labute approximate surface area is 162 Å². The molecule has 0 aliphatic carbocycles. The van der Waals surface area contributed by atoms with Crippen LogP contribution in [-0.4, -0.2) is 28.2 Å². The number of anilines is 1. The largest absolute Gasteiger partial charge is 0.376 e. The second-order valence-electron chi connectivity index (χ2n) is 6.21. The van der Waals surface area contributed by atoms with Crippen molar-refractivity contribution in [2.75, 3.05) is 11.9 Å². The Balaban J connectivity index is 1.34. The van der Waals surface area contributed by atoms with Gasteiger partial charge in [0.05, 0.1) is 23.8 Å². The summed E-state index contributed by atoms with van der Waals surface area (Å²) < 4.78 is 2.04. The first kappa shape index (κ1) is 17.5. The van der Waals surface area contributed by atoms with Crippen LogP contribution in [0.1, 0.15) is 5.56 Å². The van der Waals surface area contributed by atoms with Crippen molar-refractivity contribution >= 4 is 28.8 Å². The second kappa shape index (κ2) is 8.18. The van der Waals surface area contributed by atoms with Crippen LogP contribution in [0.3, 0.4) is 0 Å². The molecule has 0 aliphatic heterocycles. The number of hydrogen-bond acceptors (Lipinski definition) is 4. The van der Waals surface area contributed by atoms with Crippen LogP contribution in [0, 0.1) is 0 Å². The SMILES string of the molecule is O=C(CNc1ccccc1)N/N=C\c1ccc(-n2cnc3ccccc32)cc1. The maximum absolute atomic E-state index is 11.8. The van der Waals surface area contributed by atoms with E-state index in [1.165, 1.54) is 0 Å². The fraction of sp³-hybridized carbons (Fsp3) is 0.0455. The van der Waals surface area contributed by atoms with Crippen molar-refractivity contribution in [3.05, 3.63) is 90.8 Å². The number of amides is 1. The first-order chi connectivity index (χ1) is 13.8. The maximum atomic E-state index is 11.8. The molecule has 0 unspecified atom stereocenters. The minimum atomic E-state index is -0.207. The van der Waals surface area contributed by atoms with Crippen LogP contribution < -0.4 is 10.7 Å². The molecule has 1 amide bonds. The molecule has 3 aromatic carbocycles. The fourth-order valence-corrected chi connectivity index (χ4v) is 2.84. The van der Waals surface area contributed by atoms with E-state index >= 15 is 0 Å². The lowest BCUT2D eigenvalue weighted by Crippen LogP contribution is -2.25. The van der Waals surface area contributed by atoms with Gasteiger partial charge in [-0.3, -0.25) is 9.36 Å². The summed E-state index contributed by atoms with van der Waals surface area (Å²) in [5.74, 6) is -0.207. The summed E-state index contributed by atoms with van der Waals surface area (Å²) in [6, 6.07) is 25.4. The lowest BCUT2D eigenvalue weighted by atomic mass is 10.2. The smallest absolute Gasteiger partial charge is 0.259 e. The van der Waals surface area contributed by atoms with Crippen molar-refractivity contribution in [3.63, 3.8) is 0 Å². The van der Waals surface area contributed by atoms with Crippen molar-refractivity contribution in [2.45, 2.75) is 0 Å². The van der Waals surface area contributed by atoms with Gasteiger partial charge in [0.25, 0.3) is 5.91 Å². The van der Waals surface area contributed by atoms with Crippen molar-refractivity contribution in [1.82, 2.24) is 15.0 Å². The number of hydrogen-bond donors (Lipinski definition) is 2. The predicted octanol–water partition coefficient (Wildman–Crippen LogP) is 3.59. The molecule has 0 radical (unpaired) electrons. The monoisotopic (exact) mass is 369 g/mol. The molecule has 28 heavy (non-hydrogen) atoms. The molecule has 0 atom stereocenters. The van der Waals surface area contributed by atoms with E-state index in [2.05, 4.69) is 20.8 Å². The van der Waals surface area contributed by atoms with Crippen LogP contribution in [0.5, 0.6) is 0 Å². The zero-order valence-corrected chi connectivity index (χ0v) is 15.1. The van der Waals surface area contributed by atoms with Gasteiger partial charge in [0.2, 0.25) is 0 Å². The molecule has 0 aliphatic rings. The topological polar surface area (TPSA) is 71.3 Å². The summed E-state index contributed by atoms with van der Waals surface area (Å²) >= 11 is 0. The highest BCUT2D eigenvalue weighted by Gasteiger charge is 2.03. The molecular formula is C22H19N5O. The molecular weight excluding hydrogens is 350 g/mol. The third kappa shape index (κ3) is 4.07. The number of nitrogens with zero attached hydrogens (tertiary/aromatic N) is 3. The standard InChI is InChI=1S/C22H19N5O/c28-22(15-23-18-6-2-1-3-7-18)26-25-14-17-10-12-19(13-11-17)27-16-24-20-8-4-5-9-21(20)27/h1-14,16,23H,15H2,(H,26,28)/b25-14-. The van der Waals surface area contributed by atoms with Crippen molar-refractivity contribution < 1.29 is 4.79 Å². The first-order valence-electron chi connectivity index (χ1n) is 8.93. The third-order valence-corrected chi connectivity index (χ3v) is 4.25. The zero-order valence-electron chi connectivity index (χ0n) is 15.1. The highest BCUT2D eigenvalue weighted by molar-refractivity contribution is 5.84. The Morgan fingerprint density at radius 2 is 1.71 bits per heavy atom. The van der Waals surface area contributed by atoms with Gasteiger partial charge < -0.3 is 5.32 Å². The van der Waals surface area contributed by atoms with Crippen LogP contribution >= 0.6 is 0 Å². The Morgan fingerprint density at radius 3 is 2.54 bits per heavy atom. The molecule has 1 aromatic heterocycles. The summed E-state index contributed by atoms with van der Waals surface area (Å²) in [6.07, 6.45) is 3.43. The molecule has 4 aromatic rings. The van der Waals surface area contributed by atoms with E-state index in [1.54, 1.807) is 6.21 Å². The van der Waals surface area contributed by atoms with E-state index in [1.807, 2.05) is 89.8 Å². The number of aromatic nitrogens is 2. The van der Waals surface area contributed by atoms with Gasteiger partial charge in [-0.15, -0.1) is 0 Å². The predicted molar refractivity (Wildman–Crippen MR) is 112 cm³/mol. The summed E-state index contributed by atoms with van der Waals surface area (Å²) in [7, 11) is 0. The molecule has 0 saturated heterocycles. The fourth-order valence-electron chi connectivity index (χ4n) is 2.84. The van der Waals surface area contributed by atoms with Gasteiger partial charge in [0, 0.05) is 11.4 Å². The number of carbonyl (C=O) groups is 1. The van der Waals surface area contributed by atoms with Crippen LogP contribution in [0.25, 0.3) is 16.7 Å². The Hall–Kier alpha value is -3.93. The molecule has 6 nitrogen and oxygen atoms in total. The number of imidazole rings is 1. The second-order valence-corrected chi connectivity index (χ2v) is 6.21. The highest BCUT2D eigenvalue weighted by Crippen LogP contribution is 2.17. The van der Waals surface area contributed by atoms with E-state index in [0.29, 0.717) is 0 Å². The van der Waals surface area contributed by atoms with Gasteiger partial charge >= 0.3 is 0 Å². The molecule has 0 saturated carbocycles. The van der Waals surface area contributed by atoms with Gasteiger partial charge in [-0.1, -0.05) is 42.5 Å². The lowest BCUT2D eigenvalue weighted by molar-refractivity contribution is -0.119. The average Bonchev–Trinajstić information content (AvgIpc) is 3.18. The summed E-state index contributed by atoms with van der Waals surface area (Å²) in [6.45, 7) is 0.161. The molecule has 2 N–H and O–H groups in total. The van der Waals surface area contributed by atoms with Gasteiger partial charge in [-0.25, -0.2) is 10.4 Å². The molecule has 6 heteroatoms. The third-order valence-electron chi connectivity index (χ3n) is 4.25. The van der Waals surface area contributed by atoms with Crippen LogP contribution in [0.2, 0.25) is 0 Å². The number of para-hydroxylation sites is 3. The zero-order chi connectivity index (χ0) is 19.2. The Kier molecular flexibility index (Phi) is 5.11. The molecule has 0 bridgehead atoms. The van der Waals surface area contributed by atoms with Crippen molar-refractivity contribution in [2.24, 2.45) is 5.10 Å². The maximum Gasteiger partial charge on any atom is 0.259 e. The van der Waals surface area contributed by atoms with Gasteiger partial charge in [-0.05, 0) is 42.0 Å². The normalized spacial score (nSPS) is 11.0. The molecule has 1 heterocycles. The van der Waals surface area contributed by atoms with Crippen molar-refractivity contribution in [3.8, 4) is 5.69 Å². The number of rotatable bonds is 6. The van der Waals surface area contributed by atoms with Crippen LogP contribution in [0.15, 0.2) is 90.3 Å². The average molecular weight is 369 g/mol. The number of nitrogens with one attached hydrogen (secondary N) is 2. The molecule has 0 fully saturated rings. The van der Waals surface area contributed by atoms with E-state index < -0.39 is 0 Å². The molecule has 138 valence electrons. The van der Waals surface area contributed by atoms with Gasteiger partial charge in [-0.2, -0.15) is 5.10 Å². The lowest BCUT2D eigenvalue weighted by Gasteiger charge is -2.05. The van der Waals surface area contributed by atoms with E-state index in [0.717, 1.165) is 28.0 Å². The Morgan fingerprint density at radius 1 is 0.964 bits per heavy atom. The van der Waals surface area contributed by atoms with Crippen LogP contribution in [0.4, 0.5) is 5.69 Å². The number of carbonyl (C=O) groups excluding carboxylic acids is 1. The van der Waals surface area contributed by atoms with Crippen LogP contribution in [-0.2, 0) is 4.79 Å². The van der Waals surface area contributed by atoms with Gasteiger partial charge in [0.1, 0.15) is 6.33 Å². The Bertz CT molecular complexity index is 1100. The summed E-state index contributed by atoms with van der Waals surface area (Å²) in [4.78, 5) is 16.3. The minimum Gasteiger partial charge on any atom is -0.376 e. The molecule has 0 spiro atoms. The number of hydrazone groups is 1. The summed E-state index contributed by atoms with van der Waals surface area (Å²) in [5.41, 5.74) is 7.34.